The van der Waals surface area contributed by atoms with Gasteiger partial charge in [-0.15, -0.1) is 0 Å². The molecule has 2 aromatic rings. The molecule has 1 aliphatic rings. The Kier molecular flexibility index (Phi) is 5.94. The number of hydrogen-bond acceptors (Lipinski definition) is 3. The van der Waals surface area contributed by atoms with Gasteiger partial charge in [-0.1, -0.05) is 35.9 Å². The molecule has 0 aromatic heterocycles. The number of sulfonamides is 1. The van der Waals surface area contributed by atoms with E-state index in [1.165, 1.54) is 4.31 Å². The first-order valence-corrected chi connectivity index (χ1v) is 10.5. The normalized spacial score (nSPS) is 16.2. The van der Waals surface area contributed by atoms with Crippen molar-refractivity contribution in [2.24, 2.45) is 0 Å². The van der Waals surface area contributed by atoms with Crippen molar-refractivity contribution in [2.45, 2.75) is 11.8 Å². The molecule has 0 radical (unpaired) electrons. The molecule has 1 heterocycles. The lowest BCUT2D eigenvalue weighted by atomic mass is 10.2. The highest BCUT2D eigenvalue weighted by atomic mass is 32.2. The maximum Gasteiger partial charge on any atom is 0.281 e. The first kappa shape index (κ1) is 19.5. The van der Waals surface area contributed by atoms with Crippen LogP contribution in [-0.4, -0.2) is 58.4 Å². The van der Waals surface area contributed by atoms with Gasteiger partial charge in [-0.2, -0.15) is 4.31 Å². The highest BCUT2D eigenvalue weighted by Crippen LogP contribution is 2.16. The molecule has 27 heavy (non-hydrogen) atoms. The Hall–Kier alpha value is -2.22. The SMILES string of the molecule is Cc1ccc(S(=O)(=O)N2CC[NH+](CC(=O)N(C)c3ccccc3)CC2)cc1. The second-order valence-corrected chi connectivity index (χ2v) is 8.87. The number of quaternary nitrogens is 1. The maximum absolute atomic E-state index is 12.8. The molecule has 2 aromatic carbocycles. The second kappa shape index (κ2) is 8.21. The molecule has 1 fully saturated rings. The number of nitrogens with zero attached hydrogens (tertiary/aromatic N) is 2. The van der Waals surface area contributed by atoms with Crippen molar-refractivity contribution in [3.8, 4) is 0 Å². The second-order valence-electron chi connectivity index (χ2n) is 6.93. The number of carbonyl (C=O) groups excluding carboxylic acids is 1. The number of likely N-dealkylation sites (N-methyl/N-ethyl adjacent to an activating group) is 1. The fourth-order valence-corrected chi connectivity index (χ4v) is 4.65. The number of amides is 1. The standard InChI is InChI=1S/C20H25N3O3S/c1-17-8-10-19(11-9-17)27(25,26)23-14-12-22(13-15-23)16-20(24)21(2)18-6-4-3-5-7-18/h3-11H,12-16H2,1-2H3/p+1. The minimum atomic E-state index is -3.47. The summed E-state index contributed by atoms with van der Waals surface area (Å²) in [5.74, 6) is 0.0334. The molecule has 3 rings (SSSR count). The van der Waals surface area contributed by atoms with E-state index in [1.807, 2.05) is 49.4 Å². The van der Waals surface area contributed by atoms with E-state index in [2.05, 4.69) is 0 Å². The van der Waals surface area contributed by atoms with Crippen LogP contribution in [0.15, 0.2) is 59.5 Å². The molecule has 6 nitrogen and oxygen atoms in total. The molecule has 1 N–H and O–H groups in total. The topological polar surface area (TPSA) is 62.1 Å². The van der Waals surface area contributed by atoms with E-state index in [0.29, 0.717) is 37.6 Å². The van der Waals surface area contributed by atoms with Crippen LogP contribution in [0.3, 0.4) is 0 Å². The highest BCUT2D eigenvalue weighted by molar-refractivity contribution is 7.89. The van der Waals surface area contributed by atoms with Gasteiger partial charge in [-0.05, 0) is 31.2 Å². The molecular formula is C20H26N3O3S+. The zero-order valence-corrected chi connectivity index (χ0v) is 16.6. The van der Waals surface area contributed by atoms with Gasteiger partial charge in [0.2, 0.25) is 10.0 Å². The average Bonchev–Trinajstić information content (AvgIpc) is 2.69. The minimum absolute atomic E-state index is 0.0334. The van der Waals surface area contributed by atoms with E-state index in [9.17, 15) is 13.2 Å². The van der Waals surface area contributed by atoms with Crippen molar-refractivity contribution in [3.63, 3.8) is 0 Å². The third-order valence-corrected chi connectivity index (χ3v) is 6.92. The fraction of sp³-hybridized carbons (Fsp3) is 0.350. The van der Waals surface area contributed by atoms with Gasteiger partial charge in [0.25, 0.3) is 5.91 Å². The highest BCUT2D eigenvalue weighted by Gasteiger charge is 2.31. The van der Waals surface area contributed by atoms with Crippen LogP contribution in [0.2, 0.25) is 0 Å². The number of nitrogens with one attached hydrogen (secondary N) is 1. The van der Waals surface area contributed by atoms with Gasteiger partial charge >= 0.3 is 0 Å². The van der Waals surface area contributed by atoms with Crippen molar-refractivity contribution in [1.82, 2.24) is 4.31 Å². The van der Waals surface area contributed by atoms with Crippen LogP contribution in [0.4, 0.5) is 5.69 Å². The lowest BCUT2D eigenvalue weighted by Crippen LogP contribution is -3.15. The van der Waals surface area contributed by atoms with Gasteiger partial charge in [0, 0.05) is 12.7 Å². The van der Waals surface area contributed by atoms with Crippen LogP contribution in [0.1, 0.15) is 5.56 Å². The van der Waals surface area contributed by atoms with Gasteiger partial charge in [-0.25, -0.2) is 8.42 Å². The minimum Gasteiger partial charge on any atom is -0.325 e. The van der Waals surface area contributed by atoms with Gasteiger partial charge in [0.1, 0.15) is 0 Å². The van der Waals surface area contributed by atoms with Crippen LogP contribution < -0.4 is 9.80 Å². The Morgan fingerprint density at radius 2 is 1.63 bits per heavy atom. The zero-order valence-electron chi connectivity index (χ0n) is 15.8. The fourth-order valence-electron chi connectivity index (χ4n) is 3.21. The number of aryl methyl sites for hydroxylation is 1. The Bertz CT molecular complexity index is 874. The Balaban J connectivity index is 1.57. The van der Waals surface area contributed by atoms with Crippen LogP contribution in [0.5, 0.6) is 0 Å². The largest absolute Gasteiger partial charge is 0.325 e. The van der Waals surface area contributed by atoms with E-state index >= 15 is 0 Å². The monoisotopic (exact) mass is 388 g/mol. The summed E-state index contributed by atoms with van der Waals surface area (Å²) < 4.78 is 27.0. The molecule has 0 atom stereocenters. The average molecular weight is 389 g/mol. The van der Waals surface area contributed by atoms with Gasteiger partial charge in [-0.3, -0.25) is 4.79 Å². The predicted octanol–water partition coefficient (Wildman–Crippen LogP) is 0.547. The molecule has 1 amide bonds. The number of rotatable bonds is 5. The Morgan fingerprint density at radius 3 is 2.22 bits per heavy atom. The van der Waals surface area contributed by atoms with Crippen molar-refractivity contribution in [1.29, 1.82) is 0 Å². The van der Waals surface area contributed by atoms with Crippen molar-refractivity contribution >= 4 is 21.6 Å². The summed E-state index contributed by atoms with van der Waals surface area (Å²) in [7, 11) is -1.69. The third-order valence-electron chi connectivity index (χ3n) is 5.01. The Morgan fingerprint density at radius 1 is 1.04 bits per heavy atom. The summed E-state index contributed by atoms with van der Waals surface area (Å²) in [6.07, 6.45) is 0. The van der Waals surface area contributed by atoms with E-state index in [-0.39, 0.29) is 5.91 Å². The summed E-state index contributed by atoms with van der Waals surface area (Å²) in [5, 5.41) is 0. The summed E-state index contributed by atoms with van der Waals surface area (Å²) >= 11 is 0. The number of piperazine rings is 1. The summed E-state index contributed by atoms with van der Waals surface area (Å²) in [6, 6.07) is 16.5. The lowest BCUT2D eigenvalue weighted by Gasteiger charge is -2.32. The van der Waals surface area contributed by atoms with E-state index in [4.69, 9.17) is 0 Å². The molecule has 7 heteroatoms. The van der Waals surface area contributed by atoms with Crippen LogP contribution in [-0.2, 0) is 14.8 Å². The molecule has 0 bridgehead atoms. The first-order chi connectivity index (χ1) is 12.9. The van der Waals surface area contributed by atoms with Crippen LogP contribution in [0, 0.1) is 6.92 Å². The van der Waals surface area contributed by atoms with Crippen molar-refractivity contribution in [3.05, 3.63) is 60.2 Å². The summed E-state index contributed by atoms with van der Waals surface area (Å²) in [5.41, 5.74) is 1.90. The van der Waals surface area contributed by atoms with Crippen LogP contribution in [0.25, 0.3) is 0 Å². The number of anilines is 1. The smallest absolute Gasteiger partial charge is 0.281 e. The lowest BCUT2D eigenvalue weighted by molar-refractivity contribution is -0.895. The predicted molar refractivity (Wildman–Crippen MR) is 105 cm³/mol. The van der Waals surface area contributed by atoms with Crippen molar-refractivity contribution in [2.75, 3.05) is 44.7 Å². The number of para-hydroxylation sites is 1. The van der Waals surface area contributed by atoms with Gasteiger partial charge < -0.3 is 9.80 Å². The van der Waals surface area contributed by atoms with Crippen molar-refractivity contribution < 1.29 is 18.1 Å². The number of hydrogen-bond donors (Lipinski definition) is 1. The summed E-state index contributed by atoms with van der Waals surface area (Å²) in [4.78, 5) is 15.6. The Labute approximate surface area is 161 Å². The molecule has 0 unspecified atom stereocenters. The van der Waals surface area contributed by atoms with E-state index < -0.39 is 10.0 Å². The van der Waals surface area contributed by atoms with Gasteiger partial charge in [0.05, 0.1) is 31.1 Å². The van der Waals surface area contributed by atoms with Gasteiger partial charge in [0.15, 0.2) is 6.54 Å². The maximum atomic E-state index is 12.8. The third kappa shape index (κ3) is 4.55. The molecule has 144 valence electrons. The summed E-state index contributed by atoms with van der Waals surface area (Å²) in [6.45, 7) is 4.40. The van der Waals surface area contributed by atoms with E-state index in [1.54, 1.807) is 24.1 Å². The van der Waals surface area contributed by atoms with Crippen LogP contribution >= 0.6 is 0 Å². The molecule has 0 spiro atoms. The first-order valence-electron chi connectivity index (χ1n) is 9.10. The molecule has 1 saturated heterocycles. The molecule has 1 aliphatic heterocycles. The zero-order chi connectivity index (χ0) is 19.4. The van der Waals surface area contributed by atoms with E-state index in [0.717, 1.165) is 16.2 Å². The molecule has 0 aliphatic carbocycles. The quantitative estimate of drug-likeness (QED) is 0.814. The number of carbonyl (C=O) groups is 1. The molecule has 0 saturated carbocycles. The molecular weight excluding hydrogens is 362 g/mol. The number of benzene rings is 2.